The zero-order chi connectivity index (χ0) is 18.4. The average Bonchev–Trinajstić information content (AvgIpc) is 3.06. The Labute approximate surface area is 152 Å². The van der Waals surface area contributed by atoms with Crippen molar-refractivity contribution in [2.45, 2.75) is 58.9 Å². The Morgan fingerprint density at radius 2 is 1.76 bits per heavy atom. The summed E-state index contributed by atoms with van der Waals surface area (Å²) in [4.78, 5) is 29.4. The monoisotopic (exact) mass is 349 g/mol. The van der Waals surface area contributed by atoms with Crippen LogP contribution >= 0.6 is 0 Å². The molecule has 5 nitrogen and oxygen atoms in total. The summed E-state index contributed by atoms with van der Waals surface area (Å²) in [5, 5.41) is 2.99. The molecule has 1 saturated carbocycles. The Balaban J connectivity index is 1.95. The Kier molecular flexibility index (Phi) is 7.05. The predicted octanol–water partition coefficient (Wildman–Crippen LogP) is 2.43. The van der Waals surface area contributed by atoms with Crippen molar-refractivity contribution in [3.05, 3.63) is 12.7 Å². The summed E-state index contributed by atoms with van der Waals surface area (Å²) in [5.41, 5.74) is 0.0190. The van der Waals surface area contributed by atoms with E-state index in [1.165, 1.54) is 12.8 Å². The van der Waals surface area contributed by atoms with Crippen LogP contribution in [0.5, 0.6) is 0 Å². The Bertz CT molecular complexity index is 470. The van der Waals surface area contributed by atoms with E-state index in [0.717, 1.165) is 39.0 Å². The minimum absolute atomic E-state index is 0.0190. The number of piperazine rings is 1. The lowest BCUT2D eigenvalue weighted by molar-refractivity contribution is -0.136. The van der Waals surface area contributed by atoms with Crippen molar-refractivity contribution < 1.29 is 9.59 Å². The minimum atomic E-state index is -0.0534. The van der Waals surface area contributed by atoms with Gasteiger partial charge in [-0.3, -0.25) is 14.5 Å². The summed E-state index contributed by atoms with van der Waals surface area (Å²) in [7, 11) is 0. The number of nitrogens with one attached hydrogen (secondary N) is 1. The van der Waals surface area contributed by atoms with Crippen molar-refractivity contribution in [3.8, 4) is 0 Å². The zero-order valence-corrected chi connectivity index (χ0v) is 16.2. The fourth-order valence-corrected chi connectivity index (χ4v) is 4.04. The summed E-state index contributed by atoms with van der Waals surface area (Å²) >= 11 is 0. The van der Waals surface area contributed by atoms with Crippen molar-refractivity contribution in [2.24, 2.45) is 11.3 Å². The molecule has 0 spiro atoms. The summed E-state index contributed by atoms with van der Waals surface area (Å²) in [6.07, 6.45) is 7.02. The Morgan fingerprint density at radius 1 is 1.16 bits per heavy atom. The molecule has 142 valence electrons. The minimum Gasteiger partial charge on any atom is -0.351 e. The molecular weight excluding hydrogens is 314 g/mol. The van der Waals surface area contributed by atoms with Crippen molar-refractivity contribution in [2.75, 3.05) is 32.7 Å². The molecule has 0 aromatic heterocycles. The first-order chi connectivity index (χ1) is 11.8. The van der Waals surface area contributed by atoms with E-state index in [-0.39, 0.29) is 23.3 Å². The van der Waals surface area contributed by atoms with Crippen molar-refractivity contribution >= 4 is 11.8 Å². The third-order valence-electron chi connectivity index (χ3n) is 5.28. The molecule has 1 N–H and O–H groups in total. The van der Waals surface area contributed by atoms with Crippen LogP contribution < -0.4 is 5.32 Å². The topological polar surface area (TPSA) is 52.7 Å². The maximum absolute atomic E-state index is 12.7. The molecule has 0 aromatic rings. The molecule has 2 amide bonds. The van der Waals surface area contributed by atoms with Gasteiger partial charge in [-0.25, -0.2) is 0 Å². The van der Waals surface area contributed by atoms with Crippen LogP contribution in [-0.2, 0) is 9.59 Å². The van der Waals surface area contributed by atoms with Crippen LogP contribution in [0.15, 0.2) is 12.7 Å². The quantitative estimate of drug-likeness (QED) is 0.749. The Hall–Kier alpha value is -1.36. The SMILES string of the molecule is C=CCNC(=O)C(C1CCCC1)N1CCN(C(=O)CC(C)(C)C)CC1. The maximum atomic E-state index is 12.7. The number of hydrogen-bond acceptors (Lipinski definition) is 3. The highest BCUT2D eigenvalue weighted by Gasteiger charge is 2.37. The summed E-state index contributed by atoms with van der Waals surface area (Å²) in [6, 6.07) is -0.0534. The average molecular weight is 350 g/mol. The first-order valence-electron chi connectivity index (χ1n) is 9.72. The number of carbonyl (C=O) groups excluding carboxylic acids is 2. The molecule has 1 atom stereocenters. The van der Waals surface area contributed by atoms with Crippen LogP contribution in [0.2, 0.25) is 0 Å². The normalized spacial score (nSPS) is 21.2. The molecule has 2 rings (SSSR count). The predicted molar refractivity (Wildman–Crippen MR) is 101 cm³/mol. The van der Waals surface area contributed by atoms with Gasteiger partial charge >= 0.3 is 0 Å². The number of rotatable bonds is 6. The largest absolute Gasteiger partial charge is 0.351 e. The number of hydrogen-bond donors (Lipinski definition) is 1. The van der Waals surface area contributed by atoms with Crippen LogP contribution in [0, 0.1) is 11.3 Å². The first kappa shape index (κ1) is 20.0. The van der Waals surface area contributed by atoms with Crippen LogP contribution in [0.1, 0.15) is 52.9 Å². The van der Waals surface area contributed by atoms with E-state index in [2.05, 4.69) is 37.6 Å². The van der Waals surface area contributed by atoms with Gasteiger partial charge in [0.25, 0.3) is 0 Å². The van der Waals surface area contributed by atoms with E-state index in [0.29, 0.717) is 18.9 Å². The van der Waals surface area contributed by atoms with Gasteiger partial charge in [0.05, 0.1) is 6.04 Å². The smallest absolute Gasteiger partial charge is 0.237 e. The van der Waals surface area contributed by atoms with Gasteiger partial charge in [0.2, 0.25) is 11.8 Å². The fraction of sp³-hybridized carbons (Fsp3) is 0.800. The molecule has 1 aliphatic heterocycles. The molecule has 0 radical (unpaired) electrons. The second-order valence-electron chi connectivity index (χ2n) is 8.68. The second-order valence-corrected chi connectivity index (χ2v) is 8.68. The molecular formula is C20H35N3O2. The van der Waals surface area contributed by atoms with Crippen molar-refractivity contribution in [1.82, 2.24) is 15.1 Å². The molecule has 2 fully saturated rings. The molecule has 1 aliphatic carbocycles. The maximum Gasteiger partial charge on any atom is 0.237 e. The van der Waals surface area contributed by atoms with Gasteiger partial charge in [0.1, 0.15) is 0 Å². The molecule has 2 aliphatic rings. The molecule has 0 aromatic carbocycles. The third kappa shape index (κ3) is 5.84. The summed E-state index contributed by atoms with van der Waals surface area (Å²) in [5.74, 6) is 0.809. The van der Waals surface area contributed by atoms with Crippen molar-refractivity contribution in [3.63, 3.8) is 0 Å². The zero-order valence-electron chi connectivity index (χ0n) is 16.2. The van der Waals surface area contributed by atoms with Crippen LogP contribution in [0.4, 0.5) is 0 Å². The highest BCUT2D eigenvalue weighted by atomic mass is 16.2. The summed E-state index contributed by atoms with van der Waals surface area (Å²) < 4.78 is 0. The molecule has 0 bridgehead atoms. The van der Waals surface area contributed by atoms with E-state index in [1.54, 1.807) is 6.08 Å². The Morgan fingerprint density at radius 3 is 2.28 bits per heavy atom. The molecule has 1 unspecified atom stereocenters. The standard InChI is InChI=1S/C20H35N3O2/c1-5-10-21-19(25)18(16-8-6-7-9-16)23-13-11-22(12-14-23)17(24)15-20(2,3)4/h5,16,18H,1,6-15H2,2-4H3,(H,21,25). The lowest BCUT2D eigenvalue weighted by Gasteiger charge is -2.41. The van der Waals surface area contributed by atoms with E-state index < -0.39 is 0 Å². The van der Waals surface area contributed by atoms with Crippen LogP contribution in [0.25, 0.3) is 0 Å². The third-order valence-corrected chi connectivity index (χ3v) is 5.28. The van der Waals surface area contributed by atoms with Gasteiger partial charge in [-0.05, 0) is 24.2 Å². The molecule has 25 heavy (non-hydrogen) atoms. The number of amides is 2. The van der Waals surface area contributed by atoms with Gasteiger partial charge in [0, 0.05) is 39.1 Å². The van der Waals surface area contributed by atoms with Crippen LogP contribution in [-0.4, -0.2) is 60.4 Å². The van der Waals surface area contributed by atoms with Crippen LogP contribution in [0.3, 0.4) is 0 Å². The number of carbonyl (C=O) groups is 2. The molecule has 1 saturated heterocycles. The van der Waals surface area contributed by atoms with Gasteiger partial charge in [-0.1, -0.05) is 39.7 Å². The van der Waals surface area contributed by atoms with Gasteiger partial charge in [0.15, 0.2) is 0 Å². The van der Waals surface area contributed by atoms with Crippen molar-refractivity contribution in [1.29, 1.82) is 0 Å². The van der Waals surface area contributed by atoms with E-state index in [1.807, 2.05) is 4.90 Å². The van der Waals surface area contributed by atoms with E-state index >= 15 is 0 Å². The molecule has 5 heteroatoms. The van der Waals surface area contributed by atoms with Gasteiger partial charge in [-0.15, -0.1) is 6.58 Å². The molecule has 1 heterocycles. The lowest BCUT2D eigenvalue weighted by atomic mass is 9.91. The van der Waals surface area contributed by atoms with E-state index in [4.69, 9.17) is 0 Å². The first-order valence-corrected chi connectivity index (χ1v) is 9.72. The van der Waals surface area contributed by atoms with Gasteiger partial charge in [-0.2, -0.15) is 0 Å². The van der Waals surface area contributed by atoms with E-state index in [9.17, 15) is 9.59 Å². The highest BCUT2D eigenvalue weighted by Crippen LogP contribution is 2.31. The lowest BCUT2D eigenvalue weighted by Crippen LogP contribution is -2.58. The number of nitrogens with zero attached hydrogens (tertiary/aromatic N) is 2. The fourth-order valence-electron chi connectivity index (χ4n) is 4.04. The second kappa shape index (κ2) is 8.84. The van der Waals surface area contributed by atoms with Gasteiger partial charge < -0.3 is 10.2 Å². The summed E-state index contributed by atoms with van der Waals surface area (Å²) in [6.45, 7) is 13.5. The highest BCUT2D eigenvalue weighted by molar-refractivity contribution is 5.82.